The van der Waals surface area contributed by atoms with Gasteiger partial charge in [-0.2, -0.15) is 21.6 Å². The fourth-order valence-electron chi connectivity index (χ4n) is 6.35. The van der Waals surface area contributed by atoms with Crippen molar-refractivity contribution < 1.29 is 31.1 Å². The van der Waals surface area contributed by atoms with Gasteiger partial charge in [-0.25, -0.2) is 14.7 Å². The average molecular weight is 661 g/mol. The molecule has 6 rings (SSSR count). The van der Waals surface area contributed by atoms with Crippen molar-refractivity contribution in [2.75, 3.05) is 29.9 Å². The molecule has 1 atom stereocenters. The highest BCUT2D eigenvalue weighted by molar-refractivity contribution is 7.90. The standard InChI is InChI=1S/C31H35F3N6O5S/c1-29(2)18-20-6-4-15-35-23-8-3-9-25(36-23)46(43,44)38-27(41)21-10-11-24(37-26(21)40(29)19-20)39-16-5-7-22(28(39)42)45-17-14-30(12-13-30)31(32,33)34/h3,5,7-11,16,20H,4,6,12-15,17-19H2,1-2H3,(H,35,36)(H,38,41)/t20-/m0/s1. The molecule has 0 radical (unpaired) electrons. The first-order valence-electron chi connectivity index (χ1n) is 15.2. The molecule has 0 spiro atoms. The summed E-state index contributed by atoms with van der Waals surface area (Å²) in [7, 11) is -4.35. The molecule has 11 nitrogen and oxygen atoms in total. The van der Waals surface area contributed by atoms with E-state index in [1.807, 2.05) is 18.7 Å². The molecule has 2 fully saturated rings. The Morgan fingerprint density at radius 3 is 2.59 bits per heavy atom. The van der Waals surface area contributed by atoms with Crippen LogP contribution >= 0.6 is 0 Å². The van der Waals surface area contributed by atoms with Gasteiger partial charge in [0.1, 0.15) is 17.5 Å². The first-order chi connectivity index (χ1) is 21.7. The van der Waals surface area contributed by atoms with Gasteiger partial charge in [0, 0.05) is 24.8 Å². The Labute approximate surface area is 264 Å². The van der Waals surface area contributed by atoms with Crippen molar-refractivity contribution in [3.8, 4) is 11.6 Å². The molecule has 1 aliphatic carbocycles. The zero-order valence-corrected chi connectivity index (χ0v) is 26.2. The van der Waals surface area contributed by atoms with Crippen LogP contribution in [0.1, 0.15) is 62.7 Å². The summed E-state index contributed by atoms with van der Waals surface area (Å²) in [5, 5.41) is 2.84. The van der Waals surface area contributed by atoms with E-state index >= 15 is 0 Å². The minimum atomic E-state index is -4.35. The Morgan fingerprint density at radius 1 is 1.07 bits per heavy atom. The maximum absolute atomic E-state index is 13.6. The Morgan fingerprint density at radius 2 is 1.85 bits per heavy atom. The number of fused-ring (bicyclic) bond motifs is 6. The molecule has 1 saturated heterocycles. The molecule has 4 bridgehead atoms. The monoisotopic (exact) mass is 660 g/mol. The highest BCUT2D eigenvalue weighted by Gasteiger charge is 2.62. The second-order valence-electron chi connectivity index (χ2n) is 12.8. The summed E-state index contributed by atoms with van der Waals surface area (Å²) in [5.74, 6) is -0.0776. The van der Waals surface area contributed by atoms with E-state index in [2.05, 4.69) is 15.0 Å². The Hall–Kier alpha value is -4.14. The van der Waals surface area contributed by atoms with Crippen molar-refractivity contribution in [2.45, 2.75) is 69.1 Å². The number of anilines is 2. The molecule has 5 heterocycles. The third kappa shape index (κ3) is 6.16. The summed E-state index contributed by atoms with van der Waals surface area (Å²) >= 11 is 0. The first-order valence-corrected chi connectivity index (χ1v) is 16.7. The van der Waals surface area contributed by atoms with Gasteiger partial charge >= 0.3 is 6.18 Å². The molecular formula is C31H35F3N6O5S. The van der Waals surface area contributed by atoms with E-state index in [1.165, 1.54) is 41.1 Å². The normalized spacial score (nSPS) is 21.6. The Kier molecular flexibility index (Phi) is 8.02. The number of carbonyl (C=O) groups is 1. The lowest BCUT2D eigenvalue weighted by molar-refractivity contribution is -0.190. The zero-order chi connectivity index (χ0) is 32.9. The number of nitrogens with one attached hydrogen (secondary N) is 2. The number of nitrogens with zero attached hydrogens (tertiary/aromatic N) is 4. The predicted molar refractivity (Wildman–Crippen MR) is 164 cm³/mol. The van der Waals surface area contributed by atoms with E-state index in [-0.39, 0.29) is 59.8 Å². The van der Waals surface area contributed by atoms with E-state index in [0.717, 1.165) is 19.3 Å². The molecule has 3 aliphatic rings. The minimum Gasteiger partial charge on any atom is -0.488 e. The smallest absolute Gasteiger partial charge is 0.394 e. The summed E-state index contributed by atoms with van der Waals surface area (Å²) in [4.78, 5) is 37.9. The maximum atomic E-state index is 13.6. The van der Waals surface area contributed by atoms with Gasteiger partial charge in [-0.05, 0) is 94.7 Å². The fraction of sp³-hybridized carbons (Fsp3) is 0.484. The van der Waals surface area contributed by atoms with Crippen LogP contribution in [0.4, 0.5) is 24.8 Å². The Balaban J connectivity index is 1.35. The van der Waals surface area contributed by atoms with E-state index in [0.29, 0.717) is 18.9 Å². The molecule has 2 N–H and O–H groups in total. The van der Waals surface area contributed by atoms with Gasteiger partial charge < -0.3 is 15.0 Å². The highest BCUT2D eigenvalue weighted by atomic mass is 32.2. The molecule has 46 heavy (non-hydrogen) atoms. The Bertz CT molecular complexity index is 1820. The van der Waals surface area contributed by atoms with Gasteiger partial charge in [-0.3, -0.25) is 14.2 Å². The number of hydrogen-bond donors (Lipinski definition) is 2. The highest BCUT2D eigenvalue weighted by Crippen LogP contribution is 2.59. The molecule has 0 aromatic carbocycles. The second kappa shape index (κ2) is 11.6. The van der Waals surface area contributed by atoms with Crippen LogP contribution in [0.25, 0.3) is 5.82 Å². The molecule has 246 valence electrons. The lowest BCUT2D eigenvalue weighted by atomic mass is 9.93. The number of carbonyl (C=O) groups excluding carboxylic acids is 1. The second-order valence-corrected chi connectivity index (χ2v) is 14.5. The number of amides is 1. The number of hydrogen-bond acceptors (Lipinski definition) is 9. The van der Waals surface area contributed by atoms with Crippen LogP contribution in [0.15, 0.2) is 58.5 Å². The minimum absolute atomic E-state index is 0.00691. The molecule has 3 aromatic rings. The van der Waals surface area contributed by atoms with Gasteiger partial charge in [0.15, 0.2) is 10.8 Å². The molecule has 2 aliphatic heterocycles. The largest absolute Gasteiger partial charge is 0.488 e. The van der Waals surface area contributed by atoms with Crippen LogP contribution in [0.2, 0.25) is 0 Å². The number of sulfonamides is 1. The molecule has 1 saturated carbocycles. The van der Waals surface area contributed by atoms with Crippen molar-refractivity contribution in [2.24, 2.45) is 11.3 Å². The van der Waals surface area contributed by atoms with Gasteiger partial charge in [-0.15, -0.1) is 0 Å². The molecule has 0 unspecified atom stereocenters. The van der Waals surface area contributed by atoms with Gasteiger partial charge in [0.05, 0.1) is 17.6 Å². The molecular weight excluding hydrogens is 625 g/mol. The summed E-state index contributed by atoms with van der Waals surface area (Å²) < 4.78 is 75.3. The summed E-state index contributed by atoms with van der Waals surface area (Å²) in [6.45, 7) is 4.88. The van der Waals surface area contributed by atoms with Crippen LogP contribution in [0, 0.1) is 11.3 Å². The summed E-state index contributed by atoms with van der Waals surface area (Å²) in [6.07, 6.45) is -0.590. The summed E-state index contributed by atoms with van der Waals surface area (Å²) in [5.41, 5.74) is -2.86. The topological polar surface area (TPSA) is 136 Å². The SMILES string of the molecule is CC1(C)C[C@@H]2CCCNc3cccc(n3)S(=O)(=O)NC(=O)c3ccc(-n4cccc(OCCC5(C(F)(F)F)CC5)c4=O)nc3N1C2. The lowest BCUT2D eigenvalue weighted by Gasteiger charge is -2.34. The number of pyridine rings is 3. The number of ether oxygens (including phenoxy) is 1. The third-order valence-electron chi connectivity index (χ3n) is 9.09. The number of alkyl halides is 3. The van der Waals surface area contributed by atoms with E-state index in [9.17, 15) is 31.2 Å². The number of halogens is 3. The summed E-state index contributed by atoms with van der Waals surface area (Å²) in [6, 6.07) is 10.2. The van der Waals surface area contributed by atoms with Crippen molar-refractivity contribution >= 4 is 27.6 Å². The maximum Gasteiger partial charge on any atom is 0.394 e. The number of aromatic nitrogens is 3. The van der Waals surface area contributed by atoms with Gasteiger partial charge in [0.25, 0.3) is 21.5 Å². The molecule has 1 amide bonds. The van der Waals surface area contributed by atoms with Gasteiger partial charge in [-0.1, -0.05) is 6.07 Å². The van der Waals surface area contributed by atoms with Crippen LogP contribution in [-0.2, 0) is 10.0 Å². The lowest BCUT2D eigenvalue weighted by Crippen LogP contribution is -2.41. The molecule has 15 heteroatoms. The third-order valence-corrected chi connectivity index (χ3v) is 10.3. The van der Waals surface area contributed by atoms with Crippen molar-refractivity contribution in [1.82, 2.24) is 19.3 Å². The van der Waals surface area contributed by atoms with Crippen LogP contribution in [0.3, 0.4) is 0 Å². The van der Waals surface area contributed by atoms with E-state index in [1.54, 1.807) is 12.1 Å². The van der Waals surface area contributed by atoms with Crippen LogP contribution in [-0.4, -0.2) is 60.3 Å². The molecule has 3 aromatic heterocycles. The quantitative estimate of drug-likeness (QED) is 0.400. The zero-order valence-electron chi connectivity index (χ0n) is 25.4. The van der Waals surface area contributed by atoms with E-state index < -0.39 is 38.6 Å². The van der Waals surface area contributed by atoms with Crippen molar-refractivity contribution in [1.29, 1.82) is 0 Å². The van der Waals surface area contributed by atoms with Gasteiger partial charge in [0.2, 0.25) is 0 Å². The average Bonchev–Trinajstić information content (AvgIpc) is 3.73. The number of rotatable bonds is 5. The first kappa shape index (κ1) is 31.8. The van der Waals surface area contributed by atoms with Crippen molar-refractivity contribution in [3.05, 3.63) is 64.6 Å². The van der Waals surface area contributed by atoms with Crippen LogP contribution in [0.5, 0.6) is 5.75 Å². The van der Waals surface area contributed by atoms with E-state index in [4.69, 9.17) is 9.72 Å². The fourth-order valence-corrected chi connectivity index (χ4v) is 7.29. The predicted octanol–water partition coefficient (Wildman–Crippen LogP) is 4.67. The van der Waals surface area contributed by atoms with Crippen LogP contribution < -0.4 is 25.2 Å². The van der Waals surface area contributed by atoms with Crippen molar-refractivity contribution in [3.63, 3.8) is 0 Å².